The molecule has 96 heavy (non-hydrogen) atoms. The van der Waals surface area contributed by atoms with Crippen LogP contribution in [0, 0.1) is 46.3 Å². The maximum Gasteiger partial charge on any atom is 0.187 e. The Labute approximate surface area is 552 Å². The zero-order chi connectivity index (χ0) is 69.1. The van der Waals surface area contributed by atoms with Crippen LogP contribution in [0.1, 0.15) is 72.6 Å². The van der Waals surface area contributed by atoms with Crippen molar-refractivity contribution in [3.63, 3.8) is 0 Å². The van der Waals surface area contributed by atoms with Crippen LogP contribution in [-0.2, 0) is 66.3 Å². The summed E-state index contributed by atoms with van der Waals surface area (Å²) in [7, 11) is 0. The first-order valence-corrected chi connectivity index (χ1v) is 33.6. The molecule has 34 heteroatoms. The summed E-state index contributed by atoms with van der Waals surface area (Å²) in [6.07, 6.45) is -48.7. The van der Waals surface area contributed by atoms with Gasteiger partial charge in [-0.25, -0.2) is 0 Å². The van der Waals surface area contributed by atoms with E-state index in [1.165, 1.54) is 0 Å². The lowest BCUT2D eigenvalue weighted by Crippen LogP contribution is -2.68. The first-order valence-electron chi connectivity index (χ1n) is 33.6. The molecule has 0 amide bonds. The van der Waals surface area contributed by atoms with Crippen molar-refractivity contribution in [1.82, 2.24) is 0 Å². The van der Waals surface area contributed by atoms with E-state index in [2.05, 4.69) is 26.8 Å². The number of hydrogen-bond donors (Lipinski definition) is 20. The van der Waals surface area contributed by atoms with Gasteiger partial charge in [0, 0.05) is 18.3 Å². The van der Waals surface area contributed by atoms with E-state index in [0.29, 0.717) is 13.0 Å². The molecule has 0 bridgehead atoms. The molecular formula is C62H100O34. The van der Waals surface area contributed by atoms with Gasteiger partial charge in [0.2, 0.25) is 0 Å². The minimum Gasteiger partial charge on any atom is -0.394 e. The second-order valence-electron chi connectivity index (χ2n) is 29.3. The smallest absolute Gasteiger partial charge is 0.187 e. The van der Waals surface area contributed by atoms with Gasteiger partial charge < -0.3 is 168 Å². The standard InChI is InChI=1S/C62H100O34/c1-20-18-84-62(12-29(20)86-55-47(79)42(74)37(69)30(13-63)87-55)21(2)36-28(96-62)10-25-23-6-5-22-9-27(26(68)11-61(22,4)24(23)7-8-60(25,36)3)85-57-50(82)45(77)51(34(17-67)91-57)93-59-53(95-58-49(81)44(76)39(71)32(15-65)89-58)52(41(73)33(16-66)90-59)94-54-46(78)40(72)35(19-83-54)92-56-48(80)43(75)38(70)31(14-64)88-56/h5,20-21,23-59,63-82H,6-19H2,1-4H3/t20-,21?,23-,24+,25+,26?,27-,28+,29-,30+,31+,32+,33+,34+,35-,36+,37-,38-,39-,40+,41-,42+,43+,44+,45-,46?,47+,48?,49-,50?,51+,52+,53?,54+,55-,56+,57-,58+,59+,60+,61+,62-/m1/s1. The summed E-state index contributed by atoms with van der Waals surface area (Å²) in [5.74, 6) is -0.475. The van der Waals surface area contributed by atoms with Crippen LogP contribution in [0.25, 0.3) is 0 Å². The number of hydrogen-bond acceptors (Lipinski definition) is 34. The van der Waals surface area contributed by atoms with Crippen molar-refractivity contribution in [3.05, 3.63) is 11.6 Å². The number of ether oxygens (including phenoxy) is 14. The monoisotopic (exact) mass is 1390 g/mol. The molecule has 0 aromatic rings. The minimum atomic E-state index is -2.13. The third-order valence-electron chi connectivity index (χ3n) is 23.9. The lowest BCUT2D eigenvalue weighted by atomic mass is 9.46. The van der Waals surface area contributed by atoms with Gasteiger partial charge >= 0.3 is 0 Å². The third kappa shape index (κ3) is 13.0. The highest BCUT2D eigenvalue weighted by molar-refractivity contribution is 5.28. The molecule has 0 radical (unpaired) electrons. The molecule has 12 rings (SSSR count). The van der Waals surface area contributed by atoms with Crippen molar-refractivity contribution in [2.24, 2.45) is 46.3 Å². The average Bonchev–Trinajstić information content (AvgIpc) is 1.49. The van der Waals surface area contributed by atoms with Crippen LogP contribution < -0.4 is 0 Å². The van der Waals surface area contributed by atoms with Crippen molar-refractivity contribution >= 4 is 0 Å². The second-order valence-corrected chi connectivity index (χ2v) is 29.3. The van der Waals surface area contributed by atoms with E-state index >= 15 is 0 Å². The van der Waals surface area contributed by atoms with E-state index in [1.807, 2.05) is 6.92 Å². The molecule has 1 spiro atoms. The van der Waals surface area contributed by atoms with Gasteiger partial charge in [-0.1, -0.05) is 39.3 Å². The van der Waals surface area contributed by atoms with Crippen molar-refractivity contribution < 1.29 is 168 Å². The fourth-order valence-corrected chi connectivity index (χ4v) is 18.3. The number of rotatable bonds is 17. The predicted molar refractivity (Wildman–Crippen MR) is 310 cm³/mol. The maximum atomic E-state index is 12.1. The molecule has 42 atom stereocenters. The van der Waals surface area contributed by atoms with Gasteiger partial charge in [0.15, 0.2) is 43.5 Å². The molecule has 12 aliphatic rings. The van der Waals surface area contributed by atoms with E-state index in [9.17, 15) is 102 Å². The van der Waals surface area contributed by atoms with Gasteiger partial charge in [-0.05, 0) is 73.0 Å². The summed E-state index contributed by atoms with van der Waals surface area (Å²) < 4.78 is 85.1. The summed E-state index contributed by atoms with van der Waals surface area (Å²) in [4.78, 5) is 0. The van der Waals surface area contributed by atoms with E-state index in [-0.39, 0.29) is 59.9 Å². The Hall–Kier alpha value is -1.62. The van der Waals surface area contributed by atoms with E-state index in [0.717, 1.165) is 31.3 Å². The fraction of sp³-hybridized carbons (Fsp3) is 0.968. The number of fused-ring (bicyclic) bond motifs is 7. The largest absolute Gasteiger partial charge is 0.394 e. The topological polar surface area (TPSA) is 534 Å². The molecular weight excluding hydrogens is 1290 g/mol. The summed E-state index contributed by atoms with van der Waals surface area (Å²) in [5, 5.41) is 217. The van der Waals surface area contributed by atoms with Crippen LogP contribution in [-0.4, -0.2) is 357 Å². The van der Waals surface area contributed by atoms with Crippen LogP contribution >= 0.6 is 0 Å². The summed E-state index contributed by atoms with van der Waals surface area (Å²) in [6.45, 7) is 3.99. The van der Waals surface area contributed by atoms with E-state index < -0.39 is 247 Å². The number of aliphatic hydroxyl groups excluding tert-OH is 20. The zero-order valence-electron chi connectivity index (χ0n) is 53.7. The molecule has 3 saturated carbocycles. The van der Waals surface area contributed by atoms with Crippen molar-refractivity contribution in [2.75, 3.05) is 46.2 Å². The Morgan fingerprint density at radius 3 is 1.51 bits per heavy atom. The second kappa shape index (κ2) is 29.1. The van der Waals surface area contributed by atoms with Gasteiger partial charge in [0.05, 0.1) is 70.7 Å². The first kappa shape index (κ1) is 74.1. The molecule has 34 nitrogen and oxygen atoms in total. The molecule has 6 unspecified atom stereocenters. The molecule has 0 aromatic heterocycles. The lowest BCUT2D eigenvalue weighted by molar-refractivity contribution is -0.406. The molecule has 4 aliphatic carbocycles. The number of allylic oxidation sites excluding steroid dienone is 1. The summed E-state index contributed by atoms with van der Waals surface area (Å²) >= 11 is 0. The highest BCUT2D eigenvalue weighted by atomic mass is 16.8. The molecule has 8 aliphatic heterocycles. The molecule has 552 valence electrons. The average molecular weight is 1390 g/mol. The van der Waals surface area contributed by atoms with Crippen LogP contribution in [0.5, 0.6) is 0 Å². The highest BCUT2D eigenvalue weighted by Gasteiger charge is 2.70. The Morgan fingerprint density at radius 2 is 0.938 bits per heavy atom. The van der Waals surface area contributed by atoms with E-state index in [4.69, 9.17) is 66.3 Å². The molecule has 8 saturated heterocycles. The van der Waals surface area contributed by atoms with E-state index in [1.54, 1.807) is 0 Å². The minimum absolute atomic E-state index is 0.0742. The van der Waals surface area contributed by atoms with Gasteiger partial charge in [-0.15, -0.1) is 0 Å². The van der Waals surface area contributed by atoms with Crippen molar-refractivity contribution in [1.29, 1.82) is 0 Å². The zero-order valence-corrected chi connectivity index (χ0v) is 53.7. The Kier molecular flexibility index (Phi) is 22.5. The van der Waals surface area contributed by atoms with Crippen LogP contribution in [0.4, 0.5) is 0 Å². The summed E-state index contributed by atoms with van der Waals surface area (Å²) in [5.41, 5.74) is 0.416. The molecule has 11 fully saturated rings. The number of aliphatic hydroxyl groups is 20. The Morgan fingerprint density at radius 1 is 0.458 bits per heavy atom. The predicted octanol–water partition coefficient (Wildman–Crippen LogP) is -8.76. The molecule has 20 N–H and O–H groups in total. The van der Waals surface area contributed by atoms with Gasteiger partial charge in [-0.3, -0.25) is 0 Å². The highest BCUT2D eigenvalue weighted by Crippen LogP contribution is 2.71. The van der Waals surface area contributed by atoms with Crippen molar-refractivity contribution in [3.8, 4) is 0 Å². The van der Waals surface area contributed by atoms with Gasteiger partial charge in [0.1, 0.15) is 140 Å². The molecule has 8 heterocycles. The quantitative estimate of drug-likeness (QED) is 0.0601. The maximum absolute atomic E-state index is 12.1. The van der Waals surface area contributed by atoms with Crippen LogP contribution in [0.15, 0.2) is 11.6 Å². The third-order valence-corrected chi connectivity index (χ3v) is 23.9. The summed E-state index contributed by atoms with van der Waals surface area (Å²) in [6, 6.07) is 0. The van der Waals surface area contributed by atoms with Crippen molar-refractivity contribution in [2.45, 2.75) is 281 Å². The SMILES string of the molecule is CC1[C@H]2[C@H](C[C@H]3[C@@H]4CC=C5C[C@@H](O[C@@H]6O[C@@H](CO)[C@H](O[C@@H]7O[C@@H](CO)[C@@H](O)[C@H](O[C@@H]8OC[C@@H](O[C@@H]9O[C@@H](CO)[C@@H](O)[C@H](O)C9O)[C@H](O)C8O)C7O[C@@H]7O[C@@H](CO)[C@@H](O)[C@H](O)[C@H]7O)[C@H](O)C6O)C(O)C[C@]5(C)[C@H]4CC[C@@]32C)O[C@]12C[C@@H](O[C@@H]1O[C@@H](CO)[C@@H](O)[C@H](O)[C@@H]1O)[C@H](C)CO2. The molecule has 0 aromatic carbocycles. The Balaban J connectivity index is 0.712. The Bertz CT molecular complexity index is 2610. The van der Waals surface area contributed by atoms with Gasteiger partial charge in [-0.2, -0.15) is 0 Å². The fourth-order valence-electron chi connectivity index (χ4n) is 18.3. The van der Waals surface area contributed by atoms with Gasteiger partial charge in [0.25, 0.3) is 0 Å². The normalized spacial score (nSPS) is 56.8. The lowest BCUT2D eigenvalue weighted by Gasteiger charge is -2.59. The first-order chi connectivity index (χ1) is 45.6. The van der Waals surface area contributed by atoms with Crippen LogP contribution in [0.3, 0.4) is 0 Å². The van der Waals surface area contributed by atoms with Crippen LogP contribution in [0.2, 0.25) is 0 Å².